The monoisotopic (exact) mass is 292 g/mol. The molecule has 110 valence electrons. The Morgan fingerprint density at radius 2 is 2.20 bits per heavy atom. The van der Waals surface area contributed by atoms with E-state index < -0.39 is 0 Å². The van der Waals surface area contributed by atoms with Crippen molar-refractivity contribution in [3.05, 3.63) is 35.9 Å². The Hall–Kier alpha value is -1.00. The molecule has 0 saturated carbocycles. The van der Waals surface area contributed by atoms with Gasteiger partial charge in [0.05, 0.1) is 5.25 Å². The maximum atomic E-state index is 12.2. The Bertz CT molecular complexity index is 424. The quantitative estimate of drug-likeness (QED) is 0.876. The van der Waals surface area contributed by atoms with Crippen molar-refractivity contribution < 1.29 is 4.79 Å². The molecular formula is C16H24N2OS. The summed E-state index contributed by atoms with van der Waals surface area (Å²) in [7, 11) is 0. The topological polar surface area (TPSA) is 41.1 Å². The number of hydrogen-bond acceptors (Lipinski definition) is 3. The SMILES string of the molecule is CC1CC(NC(=O)C(C)SCc2ccccc2)CCN1. The van der Waals surface area contributed by atoms with E-state index in [9.17, 15) is 4.79 Å². The van der Waals surface area contributed by atoms with Gasteiger partial charge < -0.3 is 10.6 Å². The van der Waals surface area contributed by atoms with Gasteiger partial charge >= 0.3 is 0 Å². The number of nitrogens with one attached hydrogen (secondary N) is 2. The Balaban J connectivity index is 1.74. The summed E-state index contributed by atoms with van der Waals surface area (Å²) in [5.41, 5.74) is 1.27. The van der Waals surface area contributed by atoms with E-state index in [0.717, 1.165) is 25.1 Å². The van der Waals surface area contributed by atoms with Crippen LogP contribution in [0.3, 0.4) is 0 Å². The average molecular weight is 292 g/mol. The highest BCUT2D eigenvalue weighted by Gasteiger charge is 2.22. The molecular weight excluding hydrogens is 268 g/mol. The minimum atomic E-state index is 0.000368. The lowest BCUT2D eigenvalue weighted by molar-refractivity contribution is -0.121. The Morgan fingerprint density at radius 1 is 1.45 bits per heavy atom. The third-order valence-electron chi connectivity index (χ3n) is 3.68. The van der Waals surface area contributed by atoms with Crippen LogP contribution in [0.1, 0.15) is 32.3 Å². The second-order valence-electron chi connectivity index (χ2n) is 5.52. The fourth-order valence-electron chi connectivity index (χ4n) is 2.45. The lowest BCUT2D eigenvalue weighted by Crippen LogP contribution is -2.48. The second-order valence-corrected chi connectivity index (χ2v) is 6.85. The first-order valence-electron chi connectivity index (χ1n) is 7.34. The third-order valence-corrected chi connectivity index (χ3v) is 4.90. The molecule has 1 heterocycles. The summed E-state index contributed by atoms with van der Waals surface area (Å²) in [6, 6.07) is 11.1. The number of amides is 1. The van der Waals surface area contributed by atoms with Gasteiger partial charge in [0, 0.05) is 17.8 Å². The molecule has 1 aliphatic heterocycles. The number of carbonyl (C=O) groups excluding carboxylic acids is 1. The summed E-state index contributed by atoms with van der Waals surface area (Å²) in [4.78, 5) is 12.2. The molecule has 1 aromatic carbocycles. The van der Waals surface area contributed by atoms with Crippen LogP contribution in [0.5, 0.6) is 0 Å². The lowest BCUT2D eigenvalue weighted by Gasteiger charge is -2.29. The van der Waals surface area contributed by atoms with Crippen LogP contribution in [-0.2, 0) is 10.5 Å². The van der Waals surface area contributed by atoms with Crippen molar-refractivity contribution in [2.75, 3.05) is 6.54 Å². The van der Waals surface area contributed by atoms with Crippen LogP contribution in [-0.4, -0.2) is 29.8 Å². The minimum absolute atomic E-state index is 0.000368. The molecule has 0 bridgehead atoms. The van der Waals surface area contributed by atoms with Gasteiger partial charge in [-0.15, -0.1) is 11.8 Å². The highest BCUT2D eigenvalue weighted by Crippen LogP contribution is 2.18. The summed E-state index contributed by atoms with van der Waals surface area (Å²) >= 11 is 1.70. The third kappa shape index (κ3) is 4.84. The zero-order valence-corrected chi connectivity index (χ0v) is 13.1. The molecule has 2 rings (SSSR count). The van der Waals surface area contributed by atoms with Crippen molar-refractivity contribution in [3.8, 4) is 0 Å². The van der Waals surface area contributed by atoms with Gasteiger partial charge in [-0.2, -0.15) is 0 Å². The van der Waals surface area contributed by atoms with E-state index in [1.54, 1.807) is 11.8 Å². The van der Waals surface area contributed by atoms with E-state index >= 15 is 0 Å². The fraction of sp³-hybridized carbons (Fsp3) is 0.562. The van der Waals surface area contributed by atoms with E-state index in [0.29, 0.717) is 12.1 Å². The van der Waals surface area contributed by atoms with E-state index in [4.69, 9.17) is 0 Å². The number of thioether (sulfide) groups is 1. The number of hydrogen-bond donors (Lipinski definition) is 2. The number of carbonyl (C=O) groups is 1. The van der Waals surface area contributed by atoms with Gasteiger partial charge in [0.2, 0.25) is 5.91 Å². The number of rotatable bonds is 5. The molecule has 1 aromatic rings. The number of piperidine rings is 1. The molecule has 2 N–H and O–H groups in total. The molecule has 3 atom stereocenters. The van der Waals surface area contributed by atoms with Crippen LogP contribution in [0.4, 0.5) is 0 Å². The number of benzene rings is 1. The Morgan fingerprint density at radius 3 is 2.90 bits per heavy atom. The van der Waals surface area contributed by atoms with Crippen molar-refractivity contribution in [1.29, 1.82) is 0 Å². The van der Waals surface area contributed by atoms with E-state index in [1.165, 1.54) is 5.56 Å². The summed E-state index contributed by atoms with van der Waals surface area (Å²) < 4.78 is 0. The predicted molar refractivity (Wildman–Crippen MR) is 85.8 cm³/mol. The van der Waals surface area contributed by atoms with Gasteiger partial charge in [-0.25, -0.2) is 0 Å². The maximum Gasteiger partial charge on any atom is 0.233 e. The lowest BCUT2D eigenvalue weighted by atomic mass is 10.0. The van der Waals surface area contributed by atoms with Gasteiger partial charge in [-0.3, -0.25) is 4.79 Å². The summed E-state index contributed by atoms with van der Waals surface area (Å²) in [5, 5.41) is 6.59. The van der Waals surface area contributed by atoms with Crippen LogP contribution in [0, 0.1) is 0 Å². The zero-order chi connectivity index (χ0) is 14.4. The standard InChI is InChI=1S/C16H24N2OS/c1-12-10-15(8-9-17-12)18-16(19)13(2)20-11-14-6-4-3-5-7-14/h3-7,12-13,15,17H,8-11H2,1-2H3,(H,18,19). The van der Waals surface area contributed by atoms with Crippen LogP contribution in [0.25, 0.3) is 0 Å². The van der Waals surface area contributed by atoms with Crippen molar-refractivity contribution in [1.82, 2.24) is 10.6 Å². The molecule has 0 radical (unpaired) electrons. The molecule has 20 heavy (non-hydrogen) atoms. The maximum absolute atomic E-state index is 12.2. The van der Waals surface area contributed by atoms with Gasteiger partial charge in [-0.05, 0) is 38.8 Å². The second kappa shape index (κ2) is 7.70. The molecule has 3 nitrogen and oxygen atoms in total. The predicted octanol–water partition coefficient (Wildman–Crippen LogP) is 2.57. The molecule has 0 spiro atoms. The normalized spacial score (nSPS) is 24.1. The highest BCUT2D eigenvalue weighted by atomic mass is 32.2. The molecule has 1 fully saturated rings. The largest absolute Gasteiger partial charge is 0.352 e. The van der Waals surface area contributed by atoms with Crippen molar-refractivity contribution >= 4 is 17.7 Å². The molecule has 3 unspecified atom stereocenters. The molecule has 1 aliphatic rings. The molecule has 4 heteroatoms. The smallest absolute Gasteiger partial charge is 0.233 e. The molecule has 1 saturated heterocycles. The average Bonchev–Trinajstić information content (AvgIpc) is 2.46. The van der Waals surface area contributed by atoms with Gasteiger partial charge in [0.1, 0.15) is 0 Å². The minimum Gasteiger partial charge on any atom is -0.352 e. The molecule has 0 aromatic heterocycles. The first-order chi connectivity index (χ1) is 9.65. The van der Waals surface area contributed by atoms with Gasteiger partial charge in [-0.1, -0.05) is 30.3 Å². The van der Waals surface area contributed by atoms with Crippen LogP contribution < -0.4 is 10.6 Å². The van der Waals surface area contributed by atoms with Crippen molar-refractivity contribution in [2.45, 2.75) is 49.8 Å². The van der Waals surface area contributed by atoms with E-state index in [-0.39, 0.29) is 11.2 Å². The first-order valence-corrected chi connectivity index (χ1v) is 8.39. The summed E-state index contributed by atoms with van der Waals surface area (Å²) in [6.45, 7) is 5.16. The highest BCUT2D eigenvalue weighted by molar-refractivity contribution is 7.99. The van der Waals surface area contributed by atoms with Crippen molar-refractivity contribution in [2.24, 2.45) is 0 Å². The summed E-state index contributed by atoms with van der Waals surface area (Å²) in [5.74, 6) is 1.06. The Labute approximate surface area is 125 Å². The summed E-state index contributed by atoms with van der Waals surface area (Å²) in [6.07, 6.45) is 2.06. The zero-order valence-electron chi connectivity index (χ0n) is 12.3. The van der Waals surface area contributed by atoms with Crippen LogP contribution >= 0.6 is 11.8 Å². The van der Waals surface area contributed by atoms with Gasteiger partial charge in [0.25, 0.3) is 0 Å². The van der Waals surface area contributed by atoms with E-state index in [2.05, 4.69) is 29.7 Å². The van der Waals surface area contributed by atoms with Crippen LogP contribution in [0.2, 0.25) is 0 Å². The van der Waals surface area contributed by atoms with E-state index in [1.807, 2.05) is 25.1 Å². The van der Waals surface area contributed by atoms with Crippen LogP contribution in [0.15, 0.2) is 30.3 Å². The Kier molecular flexibility index (Phi) is 5.92. The molecule has 1 amide bonds. The van der Waals surface area contributed by atoms with Gasteiger partial charge in [0.15, 0.2) is 0 Å². The van der Waals surface area contributed by atoms with Crippen molar-refractivity contribution in [3.63, 3.8) is 0 Å². The molecule has 0 aliphatic carbocycles. The first kappa shape index (κ1) is 15.4. The fourth-order valence-corrected chi connectivity index (χ4v) is 3.31.